The van der Waals surface area contributed by atoms with Crippen molar-refractivity contribution in [2.75, 3.05) is 29.9 Å². The molecule has 1 aliphatic heterocycles. The summed E-state index contributed by atoms with van der Waals surface area (Å²) in [6, 6.07) is 2.19. The highest BCUT2D eigenvalue weighted by Crippen LogP contribution is 2.36. The van der Waals surface area contributed by atoms with Crippen LogP contribution >= 0.6 is 11.3 Å². The van der Waals surface area contributed by atoms with Crippen molar-refractivity contribution in [3.05, 3.63) is 35.0 Å². The van der Waals surface area contributed by atoms with Gasteiger partial charge in [-0.25, -0.2) is 9.97 Å². The number of carbonyl (C=O) groups excluding carboxylic acids is 2. The molecule has 0 spiro atoms. The minimum atomic E-state index is -4.54. The predicted molar refractivity (Wildman–Crippen MR) is 101 cm³/mol. The van der Waals surface area contributed by atoms with Gasteiger partial charge in [0, 0.05) is 24.7 Å². The molecule has 11 heteroatoms. The third-order valence-corrected chi connectivity index (χ3v) is 5.23. The Morgan fingerprint density at radius 2 is 2.21 bits per heavy atom. The maximum atomic E-state index is 13.2. The number of ether oxygens (including phenoxy) is 1. The third kappa shape index (κ3) is 5.43. The van der Waals surface area contributed by atoms with E-state index in [2.05, 4.69) is 15.3 Å². The Hall–Kier alpha value is -2.69. The highest BCUT2D eigenvalue weighted by atomic mass is 32.1. The first-order valence-corrected chi connectivity index (χ1v) is 9.78. The van der Waals surface area contributed by atoms with Crippen LogP contribution in [0.25, 0.3) is 0 Å². The lowest BCUT2D eigenvalue weighted by atomic mass is 9.98. The zero-order chi connectivity index (χ0) is 21.0. The van der Waals surface area contributed by atoms with Crippen molar-refractivity contribution >= 4 is 34.2 Å². The summed E-state index contributed by atoms with van der Waals surface area (Å²) >= 11 is 1.25. The van der Waals surface area contributed by atoms with Gasteiger partial charge in [0.25, 0.3) is 5.91 Å². The predicted octanol–water partition coefficient (Wildman–Crippen LogP) is 3.26. The highest BCUT2D eigenvalue weighted by molar-refractivity contribution is 7.13. The van der Waals surface area contributed by atoms with Crippen LogP contribution in [0.15, 0.2) is 23.7 Å². The number of nitrogens with one attached hydrogen (secondary N) is 1. The Labute approximate surface area is 168 Å². The van der Waals surface area contributed by atoms with E-state index in [-0.39, 0.29) is 12.4 Å². The summed E-state index contributed by atoms with van der Waals surface area (Å²) in [5.41, 5.74) is -0.0792. The zero-order valence-corrected chi connectivity index (χ0v) is 16.3. The van der Waals surface area contributed by atoms with Gasteiger partial charge in [0.2, 0.25) is 0 Å². The Balaban J connectivity index is 1.58. The van der Waals surface area contributed by atoms with Gasteiger partial charge in [-0.15, -0.1) is 11.3 Å². The summed E-state index contributed by atoms with van der Waals surface area (Å²) in [5, 5.41) is 4.70. The number of esters is 1. The monoisotopic (exact) mass is 428 g/mol. The molecule has 0 saturated carbocycles. The molecule has 0 bridgehead atoms. The summed E-state index contributed by atoms with van der Waals surface area (Å²) in [6.45, 7) is 1.71. The van der Waals surface area contributed by atoms with Gasteiger partial charge in [-0.05, 0) is 31.9 Å². The summed E-state index contributed by atoms with van der Waals surface area (Å²) in [4.78, 5) is 33.6. The first-order valence-electron chi connectivity index (χ1n) is 8.90. The van der Waals surface area contributed by atoms with Crippen LogP contribution in [0.4, 0.5) is 24.1 Å². The lowest BCUT2D eigenvalue weighted by molar-refractivity contribution is -0.151. The van der Waals surface area contributed by atoms with E-state index in [1.165, 1.54) is 28.5 Å². The second-order valence-electron chi connectivity index (χ2n) is 6.61. The molecule has 29 heavy (non-hydrogen) atoms. The minimum absolute atomic E-state index is 0.0478. The Morgan fingerprint density at radius 3 is 2.90 bits per heavy atom. The molecule has 0 radical (unpaired) electrons. The molecular weight excluding hydrogens is 409 g/mol. The average molecular weight is 428 g/mol. The number of hydrogen-bond acceptors (Lipinski definition) is 7. The van der Waals surface area contributed by atoms with Crippen molar-refractivity contribution in [3.63, 3.8) is 0 Å². The second kappa shape index (κ2) is 8.76. The van der Waals surface area contributed by atoms with E-state index < -0.39 is 36.1 Å². The van der Waals surface area contributed by atoms with Gasteiger partial charge >= 0.3 is 12.1 Å². The van der Waals surface area contributed by atoms with Gasteiger partial charge < -0.3 is 9.64 Å². The van der Waals surface area contributed by atoms with Gasteiger partial charge in [-0.1, -0.05) is 0 Å². The van der Waals surface area contributed by atoms with Crippen LogP contribution in [0.2, 0.25) is 0 Å². The first-order chi connectivity index (χ1) is 13.7. The van der Waals surface area contributed by atoms with Gasteiger partial charge in [-0.3, -0.25) is 14.9 Å². The fourth-order valence-corrected chi connectivity index (χ4v) is 3.76. The molecule has 2 aromatic rings. The zero-order valence-electron chi connectivity index (χ0n) is 15.5. The standard InChI is InChI=1S/C18H19F3N4O3S/c1-11-10-29-17(23-11)24-14(26)9-28-16(27)12-4-3-7-25(8-12)15-13(18(19,20)21)5-2-6-22-15/h2,5-6,10,12H,3-4,7-9H2,1H3,(H,23,24,26). The molecule has 1 atom stereocenters. The summed E-state index contributed by atoms with van der Waals surface area (Å²) in [7, 11) is 0. The molecule has 1 amide bonds. The van der Waals surface area contributed by atoms with Crippen LogP contribution < -0.4 is 10.2 Å². The van der Waals surface area contributed by atoms with E-state index in [0.29, 0.717) is 24.5 Å². The van der Waals surface area contributed by atoms with Gasteiger partial charge in [0.15, 0.2) is 11.7 Å². The molecule has 1 aliphatic rings. The van der Waals surface area contributed by atoms with Crippen molar-refractivity contribution < 1.29 is 27.5 Å². The lowest BCUT2D eigenvalue weighted by Gasteiger charge is -2.33. The van der Waals surface area contributed by atoms with Gasteiger partial charge in [0.05, 0.1) is 17.2 Å². The van der Waals surface area contributed by atoms with Crippen molar-refractivity contribution in [2.45, 2.75) is 25.9 Å². The van der Waals surface area contributed by atoms with E-state index in [9.17, 15) is 22.8 Å². The van der Waals surface area contributed by atoms with Crippen LogP contribution in [-0.4, -0.2) is 41.5 Å². The Kier molecular flexibility index (Phi) is 6.36. The number of aromatic nitrogens is 2. The number of carbonyl (C=O) groups is 2. The number of anilines is 2. The molecule has 7 nitrogen and oxygen atoms in total. The molecule has 1 saturated heterocycles. The molecule has 1 N–H and O–H groups in total. The van der Waals surface area contributed by atoms with Crippen LogP contribution in [0, 0.1) is 12.8 Å². The molecular formula is C18H19F3N4O3S. The molecule has 0 aliphatic carbocycles. The number of hydrogen-bond donors (Lipinski definition) is 1. The fourth-order valence-electron chi connectivity index (χ4n) is 3.05. The summed E-state index contributed by atoms with van der Waals surface area (Å²) in [6.07, 6.45) is -2.27. The number of nitrogens with zero attached hydrogens (tertiary/aromatic N) is 3. The number of aryl methyl sites for hydroxylation is 1. The summed E-state index contributed by atoms with van der Waals surface area (Å²) < 4.78 is 44.8. The highest BCUT2D eigenvalue weighted by Gasteiger charge is 2.37. The van der Waals surface area contributed by atoms with E-state index in [4.69, 9.17) is 4.74 Å². The number of rotatable bonds is 5. The smallest absolute Gasteiger partial charge is 0.419 e. The van der Waals surface area contributed by atoms with Crippen molar-refractivity contribution in [3.8, 4) is 0 Å². The largest absolute Gasteiger partial charge is 0.455 e. The van der Waals surface area contributed by atoms with Crippen molar-refractivity contribution in [1.29, 1.82) is 0 Å². The number of amides is 1. The van der Waals surface area contributed by atoms with Crippen molar-refractivity contribution in [1.82, 2.24) is 9.97 Å². The molecule has 2 aromatic heterocycles. The van der Waals surface area contributed by atoms with Gasteiger partial charge in [0.1, 0.15) is 5.82 Å². The maximum Gasteiger partial charge on any atom is 0.419 e. The fraction of sp³-hybridized carbons (Fsp3) is 0.444. The van der Waals surface area contributed by atoms with Crippen LogP contribution in [-0.2, 0) is 20.5 Å². The van der Waals surface area contributed by atoms with Crippen LogP contribution in [0.3, 0.4) is 0 Å². The van der Waals surface area contributed by atoms with E-state index in [0.717, 1.165) is 11.8 Å². The topological polar surface area (TPSA) is 84.4 Å². The van der Waals surface area contributed by atoms with Gasteiger partial charge in [-0.2, -0.15) is 13.2 Å². The second-order valence-corrected chi connectivity index (χ2v) is 7.47. The molecule has 0 aromatic carbocycles. The number of alkyl halides is 3. The van der Waals surface area contributed by atoms with E-state index in [1.807, 2.05) is 0 Å². The third-order valence-electron chi connectivity index (χ3n) is 4.36. The van der Waals surface area contributed by atoms with Crippen LogP contribution in [0.1, 0.15) is 24.1 Å². The molecule has 1 unspecified atom stereocenters. The van der Waals surface area contributed by atoms with Crippen LogP contribution in [0.5, 0.6) is 0 Å². The first kappa shape index (κ1) is 21.0. The number of piperidine rings is 1. The Bertz CT molecular complexity index is 887. The number of thiazole rings is 1. The molecule has 3 heterocycles. The van der Waals surface area contributed by atoms with E-state index in [1.54, 1.807) is 12.3 Å². The van der Waals surface area contributed by atoms with Crippen molar-refractivity contribution in [2.24, 2.45) is 5.92 Å². The normalized spacial score (nSPS) is 17.1. The lowest BCUT2D eigenvalue weighted by Crippen LogP contribution is -2.41. The summed E-state index contributed by atoms with van der Waals surface area (Å²) in [5.74, 6) is -1.98. The number of halogens is 3. The maximum absolute atomic E-state index is 13.2. The SMILES string of the molecule is Cc1csc(NC(=O)COC(=O)C2CCCN(c3ncccc3C(F)(F)F)C2)n1. The van der Waals surface area contributed by atoms with E-state index >= 15 is 0 Å². The average Bonchev–Trinajstić information content (AvgIpc) is 3.10. The Morgan fingerprint density at radius 1 is 1.41 bits per heavy atom. The molecule has 3 rings (SSSR count). The molecule has 1 fully saturated rings. The quantitative estimate of drug-likeness (QED) is 0.736. The molecule has 156 valence electrons. The number of pyridine rings is 1. The minimum Gasteiger partial charge on any atom is -0.455 e.